The molecule has 1 aromatic carbocycles. The van der Waals surface area contributed by atoms with Crippen LogP contribution in [0.4, 0.5) is 5.95 Å². The number of pyridine rings is 1. The van der Waals surface area contributed by atoms with E-state index >= 15 is 0 Å². The summed E-state index contributed by atoms with van der Waals surface area (Å²) in [6.45, 7) is 2.66. The first-order valence-electron chi connectivity index (χ1n) is 8.53. The van der Waals surface area contributed by atoms with Gasteiger partial charge in [-0.05, 0) is 31.2 Å². The van der Waals surface area contributed by atoms with Crippen molar-refractivity contribution in [1.29, 1.82) is 5.26 Å². The number of rotatable bonds is 5. The van der Waals surface area contributed by atoms with E-state index in [0.29, 0.717) is 24.6 Å². The van der Waals surface area contributed by atoms with Crippen molar-refractivity contribution < 1.29 is 5.11 Å². The van der Waals surface area contributed by atoms with E-state index in [1.807, 2.05) is 63.8 Å². The van der Waals surface area contributed by atoms with Crippen LogP contribution in [-0.4, -0.2) is 31.7 Å². The Labute approximate surface area is 150 Å². The molecule has 0 aliphatic carbocycles. The van der Waals surface area contributed by atoms with Gasteiger partial charge in [-0.1, -0.05) is 18.2 Å². The molecule has 0 spiro atoms. The van der Waals surface area contributed by atoms with Crippen molar-refractivity contribution in [2.45, 2.75) is 19.6 Å². The molecule has 26 heavy (non-hydrogen) atoms. The number of anilines is 1. The van der Waals surface area contributed by atoms with Crippen molar-refractivity contribution in [3.05, 3.63) is 66.0 Å². The summed E-state index contributed by atoms with van der Waals surface area (Å²) in [7, 11) is 0. The maximum Gasteiger partial charge on any atom is 0.204 e. The van der Waals surface area contributed by atoms with Crippen LogP contribution in [0.1, 0.15) is 18.1 Å². The van der Waals surface area contributed by atoms with Crippen molar-refractivity contribution in [3.63, 3.8) is 0 Å². The van der Waals surface area contributed by atoms with Gasteiger partial charge in [0.05, 0.1) is 34.8 Å². The highest BCUT2D eigenvalue weighted by atomic mass is 16.3. The molecule has 4 aromatic rings. The number of para-hydroxylation sites is 2. The number of nitrogens with zero attached hydrogens (tertiary/aromatic N) is 4. The lowest BCUT2D eigenvalue weighted by atomic mass is 10.1. The van der Waals surface area contributed by atoms with Gasteiger partial charge in [0, 0.05) is 24.5 Å². The molecule has 1 unspecified atom stereocenters. The van der Waals surface area contributed by atoms with Gasteiger partial charge < -0.3 is 19.4 Å². The second kappa shape index (κ2) is 6.54. The van der Waals surface area contributed by atoms with Crippen molar-refractivity contribution in [2.75, 3.05) is 11.9 Å². The molecule has 0 saturated carbocycles. The molecule has 6 heteroatoms. The van der Waals surface area contributed by atoms with Crippen LogP contribution in [0.5, 0.6) is 0 Å². The van der Waals surface area contributed by atoms with Crippen LogP contribution in [0.3, 0.4) is 0 Å². The zero-order valence-corrected chi connectivity index (χ0v) is 14.4. The third-order valence-corrected chi connectivity index (χ3v) is 4.41. The van der Waals surface area contributed by atoms with Crippen LogP contribution in [0.2, 0.25) is 0 Å². The average molecular weight is 345 g/mol. The second-order valence-corrected chi connectivity index (χ2v) is 6.37. The summed E-state index contributed by atoms with van der Waals surface area (Å²) in [5, 5.41) is 22.5. The van der Waals surface area contributed by atoms with Crippen LogP contribution in [0.15, 0.2) is 54.9 Å². The fourth-order valence-corrected chi connectivity index (χ4v) is 3.21. The minimum absolute atomic E-state index is 0.409. The lowest BCUT2D eigenvalue weighted by Gasteiger charge is -2.11. The predicted octanol–water partition coefficient (Wildman–Crippen LogP) is 3.00. The number of aliphatic hydroxyl groups excluding tert-OH is 1. The zero-order valence-electron chi connectivity index (χ0n) is 14.4. The fourth-order valence-electron chi connectivity index (χ4n) is 3.21. The van der Waals surface area contributed by atoms with E-state index in [9.17, 15) is 10.4 Å². The standard InChI is InChI=1S/C20H19N5O/c1-14(26)11-22-20-23-17-6-2-3-8-19(17)25(20)13-15-12-24-9-5-4-7-18(24)16(15)10-21/h2-9,12,14,26H,11,13H2,1H3,(H,22,23). The van der Waals surface area contributed by atoms with E-state index in [2.05, 4.69) is 16.4 Å². The molecular weight excluding hydrogens is 326 g/mol. The molecule has 0 bridgehead atoms. The van der Waals surface area contributed by atoms with Gasteiger partial charge in [0.1, 0.15) is 6.07 Å². The smallest absolute Gasteiger partial charge is 0.204 e. The Morgan fingerprint density at radius 1 is 1.19 bits per heavy atom. The minimum Gasteiger partial charge on any atom is -0.392 e. The number of nitrogens with one attached hydrogen (secondary N) is 1. The number of aliphatic hydroxyl groups is 1. The largest absolute Gasteiger partial charge is 0.392 e. The molecular formula is C20H19N5O. The highest BCUT2D eigenvalue weighted by Gasteiger charge is 2.15. The third-order valence-electron chi connectivity index (χ3n) is 4.41. The molecule has 0 fully saturated rings. The predicted molar refractivity (Wildman–Crippen MR) is 101 cm³/mol. The molecule has 0 amide bonds. The summed E-state index contributed by atoms with van der Waals surface area (Å²) in [6, 6.07) is 16.0. The Bertz CT molecular complexity index is 1120. The number of fused-ring (bicyclic) bond motifs is 2. The van der Waals surface area contributed by atoms with Gasteiger partial charge >= 0.3 is 0 Å². The summed E-state index contributed by atoms with van der Waals surface area (Å²) in [6.07, 6.45) is 3.45. The number of benzene rings is 1. The van der Waals surface area contributed by atoms with E-state index in [1.165, 1.54) is 0 Å². The van der Waals surface area contributed by atoms with Gasteiger partial charge in [-0.25, -0.2) is 4.98 Å². The van der Waals surface area contributed by atoms with Gasteiger partial charge in [-0.15, -0.1) is 0 Å². The number of hydrogen-bond acceptors (Lipinski definition) is 4. The summed E-state index contributed by atoms with van der Waals surface area (Å²) in [5.41, 5.74) is 4.36. The van der Waals surface area contributed by atoms with E-state index in [4.69, 9.17) is 0 Å². The number of aromatic nitrogens is 3. The third kappa shape index (κ3) is 2.79. The first-order valence-corrected chi connectivity index (χ1v) is 8.53. The first-order chi connectivity index (χ1) is 12.7. The number of imidazole rings is 1. The van der Waals surface area contributed by atoms with E-state index < -0.39 is 6.10 Å². The average Bonchev–Trinajstić information content (AvgIpc) is 3.18. The normalized spacial score (nSPS) is 12.3. The van der Waals surface area contributed by atoms with Crippen molar-refractivity contribution in [1.82, 2.24) is 14.0 Å². The molecule has 0 aliphatic heterocycles. The van der Waals surface area contributed by atoms with Crippen molar-refractivity contribution in [2.24, 2.45) is 0 Å². The van der Waals surface area contributed by atoms with E-state index in [1.54, 1.807) is 6.92 Å². The Balaban J connectivity index is 1.82. The van der Waals surface area contributed by atoms with Crippen LogP contribution < -0.4 is 5.32 Å². The molecule has 2 N–H and O–H groups in total. The van der Waals surface area contributed by atoms with Gasteiger partial charge in [0.15, 0.2) is 0 Å². The maximum absolute atomic E-state index is 9.66. The van der Waals surface area contributed by atoms with Crippen LogP contribution in [0.25, 0.3) is 16.6 Å². The summed E-state index contributed by atoms with van der Waals surface area (Å²) >= 11 is 0. The first kappa shape index (κ1) is 16.2. The molecule has 1 atom stereocenters. The quantitative estimate of drug-likeness (QED) is 0.583. The highest BCUT2D eigenvalue weighted by Crippen LogP contribution is 2.24. The van der Waals surface area contributed by atoms with Crippen molar-refractivity contribution >= 4 is 22.5 Å². The minimum atomic E-state index is -0.477. The molecule has 3 heterocycles. The van der Waals surface area contributed by atoms with Gasteiger partial charge in [0.25, 0.3) is 0 Å². The van der Waals surface area contributed by atoms with E-state index in [0.717, 1.165) is 22.1 Å². The molecule has 0 aliphatic rings. The Morgan fingerprint density at radius 2 is 1.96 bits per heavy atom. The Hall–Kier alpha value is -3.30. The van der Waals surface area contributed by atoms with Crippen LogP contribution >= 0.6 is 0 Å². The van der Waals surface area contributed by atoms with Gasteiger partial charge in [-0.2, -0.15) is 5.26 Å². The lowest BCUT2D eigenvalue weighted by Crippen LogP contribution is -2.18. The molecule has 6 nitrogen and oxygen atoms in total. The topological polar surface area (TPSA) is 78.3 Å². The number of hydrogen-bond donors (Lipinski definition) is 2. The summed E-state index contributed by atoms with van der Waals surface area (Å²) in [5.74, 6) is 0.686. The van der Waals surface area contributed by atoms with Crippen LogP contribution in [-0.2, 0) is 6.54 Å². The Kier molecular flexibility index (Phi) is 4.07. The number of nitriles is 1. The van der Waals surface area contributed by atoms with Gasteiger partial charge in [0.2, 0.25) is 5.95 Å². The zero-order chi connectivity index (χ0) is 18.1. The summed E-state index contributed by atoms with van der Waals surface area (Å²) < 4.78 is 4.02. The SMILES string of the molecule is CC(O)CNc1nc2ccccc2n1Cc1cn2ccccc2c1C#N. The van der Waals surface area contributed by atoms with Crippen molar-refractivity contribution in [3.8, 4) is 6.07 Å². The highest BCUT2D eigenvalue weighted by molar-refractivity contribution is 5.79. The fraction of sp³-hybridized carbons (Fsp3) is 0.200. The molecule has 3 aromatic heterocycles. The maximum atomic E-state index is 9.66. The second-order valence-electron chi connectivity index (χ2n) is 6.37. The van der Waals surface area contributed by atoms with Crippen LogP contribution in [0, 0.1) is 11.3 Å². The molecule has 4 rings (SSSR count). The summed E-state index contributed by atoms with van der Waals surface area (Å²) in [4.78, 5) is 4.64. The van der Waals surface area contributed by atoms with Gasteiger partial charge in [-0.3, -0.25) is 0 Å². The molecule has 0 saturated heterocycles. The lowest BCUT2D eigenvalue weighted by molar-refractivity contribution is 0.208. The van der Waals surface area contributed by atoms with E-state index in [-0.39, 0.29) is 0 Å². The monoisotopic (exact) mass is 345 g/mol. The Morgan fingerprint density at radius 3 is 2.77 bits per heavy atom. The molecule has 0 radical (unpaired) electrons. The molecule has 130 valence electrons.